The quantitative estimate of drug-likeness (QED) is 0.247. The first-order valence-electron chi connectivity index (χ1n) is 14.5. The van der Waals surface area contributed by atoms with Crippen molar-refractivity contribution < 1.29 is 48.3 Å². The molecule has 1 aliphatic carbocycles. The maximum Gasteiger partial charge on any atom is 0.258 e. The van der Waals surface area contributed by atoms with Crippen molar-refractivity contribution >= 4 is 28.2 Å². The second-order valence-electron chi connectivity index (χ2n) is 10.8. The summed E-state index contributed by atoms with van der Waals surface area (Å²) in [6.45, 7) is 2.90. The van der Waals surface area contributed by atoms with Crippen molar-refractivity contribution in [3.63, 3.8) is 0 Å². The highest BCUT2D eigenvalue weighted by molar-refractivity contribution is 6.30. The summed E-state index contributed by atoms with van der Waals surface area (Å²) in [5, 5.41) is 23.6. The van der Waals surface area contributed by atoms with E-state index in [1.165, 1.54) is 11.0 Å². The molecular weight excluding hydrogens is 570 g/mol. The van der Waals surface area contributed by atoms with Gasteiger partial charge in [0.15, 0.2) is 24.6 Å². The van der Waals surface area contributed by atoms with Crippen LogP contribution in [-0.2, 0) is 32.1 Å². The fourth-order valence-electron chi connectivity index (χ4n) is 5.95. The first-order valence-corrected chi connectivity index (χ1v) is 14.5. The van der Waals surface area contributed by atoms with E-state index in [0.29, 0.717) is 30.8 Å². The number of hydrogen-bond donors (Lipinski definition) is 2. The molecule has 2 aliphatic heterocycles. The number of fused-ring (bicyclic) bond motifs is 4. The number of carbonyl (C=O) groups is 3. The Morgan fingerprint density at radius 1 is 1.00 bits per heavy atom. The van der Waals surface area contributed by atoms with Gasteiger partial charge in [-0.05, 0) is 35.6 Å². The molecule has 2 heterocycles. The van der Waals surface area contributed by atoms with Gasteiger partial charge >= 0.3 is 0 Å². The maximum atomic E-state index is 14.2. The van der Waals surface area contributed by atoms with E-state index in [9.17, 15) is 24.6 Å². The van der Waals surface area contributed by atoms with Gasteiger partial charge in [0.25, 0.3) is 5.91 Å². The van der Waals surface area contributed by atoms with Crippen LogP contribution in [0.1, 0.15) is 55.5 Å². The lowest BCUT2D eigenvalue weighted by atomic mass is 9.79. The van der Waals surface area contributed by atoms with E-state index in [-0.39, 0.29) is 77.9 Å². The number of aromatic hydroxyl groups is 1. The molecular formula is C33H33NO10. The van der Waals surface area contributed by atoms with Crippen molar-refractivity contribution in [1.29, 1.82) is 0 Å². The van der Waals surface area contributed by atoms with E-state index < -0.39 is 29.7 Å². The number of ketones is 2. The molecule has 0 aromatic heterocycles. The third-order valence-electron chi connectivity index (χ3n) is 8.04. The smallest absolute Gasteiger partial charge is 0.258 e. The summed E-state index contributed by atoms with van der Waals surface area (Å²) in [5.74, 6) is -1.75. The van der Waals surface area contributed by atoms with E-state index in [4.69, 9.17) is 23.7 Å². The number of ether oxygens (including phenoxy) is 5. The molecule has 1 atom stereocenters. The molecule has 1 saturated heterocycles. The fraction of sp³-hybridized carbons (Fsp3) is 0.364. The molecule has 3 aliphatic rings. The monoisotopic (exact) mass is 603 g/mol. The highest BCUT2D eigenvalue weighted by Gasteiger charge is 2.41. The standard InChI is InChI=1S/C33H33NO10/c1-3-40-17-44-24-12-19-11-20-29(31(37)26(19)21-14-34(2)33(39)28(21)24)32(38)27(23(35)13-25-42-9-10-43-25)22(30(20)36)16-41-15-18-7-5-4-6-8-18/h4-8,11-12,23,25,35,37H,3,9-10,13-17H2,1-2H3. The molecule has 0 saturated carbocycles. The lowest BCUT2D eigenvalue weighted by Crippen LogP contribution is -2.33. The molecule has 11 nitrogen and oxygen atoms in total. The van der Waals surface area contributed by atoms with Gasteiger partial charge in [0.2, 0.25) is 0 Å². The van der Waals surface area contributed by atoms with E-state index in [1.54, 1.807) is 13.1 Å². The number of nitrogens with zero attached hydrogens (tertiary/aromatic N) is 1. The van der Waals surface area contributed by atoms with Gasteiger partial charge in [-0.1, -0.05) is 30.3 Å². The lowest BCUT2D eigenvalue weighted by molar-refractivity contribution is -0.0649. The van der Waals surface area contributed by atoms with Crippen LogP contribution < -0.4 is 4.74 Å². The van der Waals surface area contributed by atoms with Crippen LogP contribution >= 0.6 is 0 Å². The second kappa shape index (κ2) is 12.5. The Labute approximate surface area is 253 Å². The zero-order valence-corrected chi connectivity index (χ0v) is 24.5. The Morgan fingerprint density at radius 2 is 1.75 bits per heavy atom. The molecule has 11 heteroatoms. The van der Waals surface area contributed by atoms with Gasteiger partial charge in [-0.2, -0.15) is 0 Å². The molecule has 0 bridgehead atoms. The number of Topliss-reactive ketones (excluding diaryl/α,β-unsaturated/α-hetero) is 2. The molecule has 6 rings (SSSR count). The normalized spacial score (nSPS) is 17.5. The molecule has 1 fully saturated rings. The molecule has 3 aromatic rings. The highest BCUT2D eigenvalue weighted by Crippen LogP contribution is 2.45. The van der Waals surface area contributed by atoms with E-state index in [2.05, 4.69) is 0 Å². The number of rotatable bonds is 11. The average molecular weight is 604 g/mol. The zero-order chi connectivity index (χ0) is 31.0. The topological polar surface area (TPSA) is 141 Å². The van der Waals surface area contributed by atoms with Crippen molar-refractivity contribution in [3.8, 4) is 11.5 Å². The molecule has 230 valence electrons. The third kappa shape index (κ3) is 5.37. The van der Waals surface area contributed by atoms with Crippen LogP contribution in [0.5, 0.6) is 11.5 Å². The number of aliphatic hydroxyl groups is 1. The van der Waals surface area contributed by atoms with Crippen molar-refractivity contribution in [2.24, 2.45) is 0 Å². The number of carbonyl (C=O) groups excluding carboxylic acids is 3. The molecule has 3 aromatic carbocycles. The van der Waals surface area contributed by atoms with E-state index in [1.807, 2.05) is 37.3 Å². The van der Waals surface area contributed by atoms with Crippen LogP contribution in [-0.4, -0.2) is 85.2 Å². The lowest BCUT2D eigenvalue weighted by Gasteiger charge is -2.27. The Morgan fingerprint density at radius 3 is 2.48 bits per heavy atom. The Hall–Kier alpha value is -4.13. The van der Waals surface area contributed by atoms with Gasteiger partial charge in [-0.15, -0.1) is 0 Å². The summed E-state index contributed by atoms with van der Waals surface area (Å²) in [6.07, 6.45) is -2.27. The van der Waals surface area contributed by atoms with Gasteiger partial charge in [0.05, 0.1) is 43.7 Å². The minimum Gasteiger partial charge on any atom is -0.506 e. The van der Waals surface area contributed by atoms with Crippen LogP contribution in [0.15, 0.2) is 53.6 Å². The minimum absolute atomic E-state index is 0.00781. The molecule has 44 heavy (non-hydrogen) atoms. The van der Waals surface area contributed by atoms with E-state index >= 15 is 0 Å². The van der Waals surface area contributed by atoms with Crippen molar-refractivity contribution in [3.05, 3.63) is 81.4 Å². The summed E-state index contributed by atoms with van der Waals surface area (Å²) < 4.78 is 27.9. The number of benzene rings is 3. The Kier molecular flexibility index (Phi) is 8.48. The molecule has 0 spiro atoms. The third-order valence-corrected chi connectivity index (χ3v) is 8.04. The van der Waals surface area contributed by atoms with E-state index in [0.717, 1.165) is 5.56 Å². The first-order chi connectivity index (χ1) is 21.3. The van der Waals surface area contributed by atoms with Gasteiger partial charge in [-0.3, -0.25) is 14.4 Å². The minimum atomic E-state index is -1.43. The number of phenolic OH excluding ortho intramolecular Hbond substituents is 1. The van der Waals surface area contributed by atoms with Gasteiger partial charge in [0, 0.05) is 48.7 Å². The van der Waals surface area contributed by atoms with Crippen LogP contribution in [0.3, 0.4) is 0 Å². The number of hydrogen-bond acceptors (Lipinski definition) is 10. The summed E-state index contributed by atoms with van der Waals surface area (Å²) in [6, 6.07) is 12.4. The summed E-state index contributed by atoms with van der Waals surface area (Å²) in [4.78, 5) is 42.8. The Bertz CT molecular complexity index is 1660. The molecule has 1 amide bonds. The average Bonchev–Trinajstić information content (AvgIpc) is 3.63. The predicted octanol–water partition coefficient (Wildman–Crippen LogP) is 3.52. The molecule has 0 radical (unpaired) electrons. The Balaban J connectivity index is 1.45. The zero-order valence-electron chi connectivity index (χ0n) is 24.5. The van der Waals surface area contributed by atoms with Crippen molar-refractivity contribution in [2.45, 2.75) is 38.9 Å². The molecule has 1 unspecified atom stereocenters. The predicted molar refractivity (Wildman–Crippen MR) is 157 cm³/mol. The highest BCUT2D eigenvalue weighted by atomic mass is 16.7. The van der Waals surface area contributed by atoms with Crippen LogP contribution in [0.4, 0.5) is 0 Å². The van der Waals surface area contributed by atoms with Gasteiger partial charge in [0.1, 0.15) is 11.5 Å². The van der Waals surface area contributed by atoms with Crippen LogP contribution in [0, 0.1) is 0 Å². The number of aliphatic hydroxyl groups excluding tert-OH is 1. The fourth-order valence-corrected chi connectivity index (χ4v) is 5.95. The summed E-state index contributed by atoms with van der Waals surface area (Å²) in [7, 11) is 1.62. The summed E-state index contributed by atoms with van der Waals surface area (Å²) >= 11 is 0. The molecule has 2 N–H and O–H groups in total. The summed E-state index contributed by atoms with van der Waals surface area (Å²) in [5.41, 5.74) is 1.15. The maximum absolute atomic E-state index is 14.2. The van der Waals surface area contributed by atoms with Crippen LogP contribution in [0.2, 0.25) is 0 Å². The van der Waals surface area contributed by atoms with Gasteiger partial charge < -0.3 is 38.8 Å². The number of amides is 1. The van der Waals surface area contributed by atoms with Crippen molar-refractivity contribution in [2.75, 3.05) is 40.3 Å². The van der Waals surface area contributed by atoms with Crippen LogP contribution in [0.25, 0.3) is 10.8 Å². The van der Waals surface area contributed by atoms with Crippen molar-refractivity contribution in [1.82, 2.24) is 4.90 Å². The van der Waals surface area contributed by atoms with Gasteiger partial charge in [-0.25, -0.2) is 0 Å². The SMILES string of the molecule is CCOCOc1cc2cc3c(c(O)c2c2c1C(=O)N(C)C2)C(=O)C(C(O)CC1OCCO1)=C(COCc1ccccc1)C3=O. The first kappa shape index (κ1) is 29.9. The largest absolute Gasteiger partial charge is 0.506 e. The number of phenols is 1. The second-order valence-corrected chi connectivity index (χ2v) is 10.8.